The maximum absolute atomic E-state index is 12.5. The second-order valence-corrected chi connectivity index (χ2v) is 8.88. The summed E-state index contributed by atoms with van der Waals surface area (Å²) in [5, 5.41) is 32.3. The zero-order valence-electron chi connectivity index (χ0n) is 17.2. The van der Waals surface area contributed by atoms with Crippen molar-refractivity contribution in [2.24, 2.45) is 0 Å². The molecule has 0 bridgehead atoms. The van der Waals surface area contributed by atoms with E-state index in [0.29, 0.717) is 48.6 Å². The van der Waals surface area contributed by atoms with Crippen LogP contribution in [0.4, 0.5) is 9.80 Å². The molecule has 9 nitrogen and oxygen atoms in total. The Labute approximate surface area is 188 Å². The standard InChI is InChI=1S/C22H23N3O6S/c23-11-16-15-5-3-14(31-22(29)25-8-7-17(26)18(27)12-25)10-19(15)32-21(16)24-20(28)6-4-13-2-1-9-30-13/h1-2,4,6,9,14,17-18,26-27H,3,5,7-8,10,12H2,(H,24,28)/b6-4+. The van der Waals surface area contributed by atoms with Crippen LogP contribution in [-0.4, -0.2) is 58.5 Å². The number of nitrogens with one attached hydrogen (secondary N) is 1. The fourth-order valence-electron chi connectivity index (χ4n) is 3.86. The van der Waals surface area contributed by atoms with Crippen LogP contribution in [0, 0.1) is 11.3 Å². The number of aliphatic hydroxyl groups excluding tert-OH is 2. The Morgan fingerprint density at radius 3 is 2.91 bits per heavy atom. The Morgan fingerprint density at radius 1 is 1.34 bits per heavy atom. The highest BCUT2D eigenvalue weighted by atomic mass is 32.1. The number of furan rings is 1. The first-order valence-corrected chi connectivity index (χ1v) is 11.1. The number of ether oxygens (including phenoxy) is 1. The molecule has 3 N–H and O–H groups in total. The van der Waals surface area contributed by atoms with Gasteiger partial charge in [-0.15, -0.1) is 11.3 Å². The van der Waals surface area contributed by atoms with E-state index in [1.54, 1.807) is 18.2 Å². The quantitative estimate of drug-likeness (QED) is 0.599. The van der Waals surface area contributed by atoms with E-state index in [1.807, 2.05) is 0 Å². The number of thiophene rings is 1. The SMILES string of the molecule is N#Cc1c(NC(=O)/C=C/c2ccco2)sc2c1CCC(OC(=O)N1CCC(O)C(O)C1)C2. The number of piperidine rings is 1. The zero-order valence-corrected chi connectivity index (χ0v) is 18.0. The van der Waals surface area contributed by atoms with E-state index in [4.69, 9.17) is 9.15 Å². The highest BCUT2D eigenvalue weighted by Gasteiger charge is 2.33. The average Bonchev–Trinajstić information content (AvgIpc) is 3.41. The van der Waals surface area contributed by atoms with Gasteiger partial charge in [-0.05, 0) is 43.0 Å². The molecule has 0 spiro atoms. The van der Waals surface area contributed by atoms with Crippen molar-refractivity contribution in [1.82, 2.24) is 4.90 Å². The number of carbonyl (C=O) groups is 2. The molecule has 0 radical (unpaired) electrons. The lowest BCUT2D eigenvalue weighted by molar-refractivity contribution is -0.111. The van der Waals surface area contributed by atoms with Crippen LogP contribution in [0.25, 0.3) is 6.08 Å². The van der Waals surface area contributed by atoms with Crippen molar-refractivity contribution in [2.45, 2.75) is 44.0 Å². The van der Waals surface area contributed by atoms with Gasteiger partial charge in [0.1, 0.15) is 22.9 Å². The fourth-order valence-corrected chi connectivity index (χ4v) is 5.13. The summed E-state index contributed by atoms with van der Waals surface area (Å²) in [5.74, 6) is 0.178. The lowest BCUT2D eigenvalue weighted by atomic mass is 9.94. The minimum Gasteiger partial charge on any atom is -0.465 e. The largest absolute Gasteiger partial charge is 0.465 e. The summed E-state index contributed by atoms with van der Waals surface area (Å²) in [4.78, 5) is 27.0. The third kappa shape index (κ3) is 4.85. The highest BCUT2D eigenvalue weighted by Crippen LogP contribution is 2.38. The number of amides is 2. The Balaban J connectivity index is 1.39. The fraction of sp³-hybridized carbons (Fsp3) is 0.409. The second kappa shape index (κ2) is 9.56. The summed E-state index contributed by atoms with van der Waals surface area (Å²) in [5.41, 5.74) is 1.33. The van der Waals surface area contributed by atoms with Crippen LogP contribution in [0.2, 0.25) is 0 Å². The van der Waals surface area contributed by atoms with Crippen LogP contribution < -0.4 is 5.32 Å². The highest BCUT2D eigenvalue weighted by molar-refractivity contribution is 7.16. The molecule has 3 atom stereocenters. The van der Waals surface area contributed by atoms with Gasteiger partial charge in [-0.2, -0.15) is 5.26 Å². The third-order valence-electron chi connectivity index (χ3n) is 5.58. The lowest BCUT2D eigenvalue weighted by Gasteiger charge is -2.34. The van der Waals surface area contributed by atoms with Gasteiger partial charge < -0.3 is 29.6 Å². The topological polar surface area (TPSA) is 136 Å². The van der Waals surface area contributed by atoms with E-state index in [-0.39, 0.29) is 18.6 Å². The van der Waals surface area contributed by atoms with Gasteiger partial charge >= 0.3 is 6.09 Å². The van der Waals surface area contributed by atoms with Gasteiger partial charge in [0.15, 0.2) is 0 Å². The molecule has 1 aliphatic carbocycles. The third-order valence-corrected chi connectivity index (χ3v) is 6.75. The second-order valence-electron chi connectivity index (χ2n) is 7.78. The molecule has 1 aliphatic heterocycles. The minimum absolute atomic E-state index is 0.0389. The van der Waals surface area contributed by atoms with Crippen LogP contribution in [-0.2, 0) is 22.4 Å². The van der Waals surface area contributed by atoms with Gasteiger partial charge in [0.2, 0.25) is 5.91 Å². The molecule has 2 aromatic heterocycles. The number of fused-ring (bicyclic) bond motifs is 1. The van der Waals surface area contributed by atoms with E-state index < -0.39 is 18.3 Å². The number of likely N-dealkylation sites (tertiary alicyclic amines) is 1. The minimum atomic E-state index is -0.974. The molecular formula is C22H23N3O6S. The molecule has 1 fully saturated rings. The van der Waals surface area contributed by atoms with Crippen LogP contribution in [0.3, 0.4) is 0 Å². The normalized spacial score (nSPS) is 22.9. The first kappa shape index (κ1) is 22.1. The summed E-state index contributed by atoms with van der Waals surface area (Å²) < 4.78 is 10.8. The van der Waals surface area contributed by atoms with Gasteiger partial charge in [0.25, 0.3) is 0 Å². The Bertz CT molecular complexity index is 1050. The Hall–Kier alpha value is -3.13. The molecule has 2 amide bonds. The first-order chi connectivity index (χ1) is 15.4. The molecular weight excluding hydrogens is 434 g/mol. The van der Waals surface area contributed by atoms with Gasteiger partial charge in [-0.3, -0.25) is 4.79 Å². The number of hydrogen-bond donors (Lipinski definition) is 3. The van der Waals surface area contributed by atoms with Crippen molar-refractivity contribution in [1.29, 1.82) is 5.26 Å². The van der Waals surface area contributed by atoms with Crippen LogP contribution >= 0.6 is 11.3 Å². The number of carbonyl (C=O) groups excluding carboxylic acids is 2. The predicted molar refractivity (Wildman–Crippen MR) is 116 cm³/mol. The summed E-state index contributed by atoms with van der Waals surface area (Å²) in [6, 6.07) is 5.63. The predicted octanol–water partition coefficient (Wildman–Crippen LogP) is 2.29. The van der Waals surface area contributed by atoms with Gasteiger partial charge in [0, 0.05) is 23.9 Å². The van der Waals surface area contributed by atoms with E-state index >= 15 is 0 Å². The first-order valence-electron chi connectivity index (χ1n) is 10.3. The van der Waals surface area contributed by atoms with Crippen molar-refractivity contribution in [3.8, 4) is 6.07 Å². The summed E-state index contributed by atoms with van der Waals surface area (Å²) in [6.07, 6.45) is 3.61. The van der Waals surface area contributed by atoms with E-state index in [2.05, 4.69) is 11.4 Å². The van der Waals surface area contributed by atoms with E-state index in [0.717, 1.165) is 10.4 Å². The van der Waals surface area contributed by atoms with Gasteiger partial charge in [0.05, 0.1) is 30.6 Å². The van der Waals surface area contributed by atoms with Crippen LogP contribution in [0.15, 0.2) is 28.9 Å². The number of hydrogen-bond acceptors (Lipinski definition) is 8. The summed E-state index contributed by atoms with van der Waals surface area (Å²) in [6.45, 7) is 0.367. The average molecular weight is 458 g/mol. The van der Waals surface area contributed by atoms with Gasteiger partial charge in [-0.1, -0.05) is 0 Å². The van der Waals surface area contributed by atoms with Crippen LogP contribution in [0.1, 0.15) is 34.6 Å². The van der Waals surface area contributed by atoms with Crippen molar-refractivity contribution < 1.29 is 29.0 Å². The molecule has 2 aliphatic rings. The molecule has 3 unspecified atom stereocenters. The molecule has 168 valence electrons. The summed E-state index contributed by atoms with van der Waals surface area (Å²) in [7, 11) is 0. The smallest absolute Gasteiger partial charge is 0.410 e. The number of anilines is 1. The van der Waals surface area contributed by atoms with Crippen LogP contribution in [0.5, 0.6) is 0 Å². The summed E-state index contributed by atoms with van der Waals surface area (Å²) >= 11 is 1.32. The van der Waals surface area contributed by atoms with Crippen molar-refractivity contribution in [3.63, 3.8) is 0 Å². The maximum atomic E-state index is 12.5. The van der Waals surface area contributed by atoms with E-state index in [1.165, 1.54) is 28.6 Å². The number of nitrogens with zero attached hydrogens (tertiary/aromatic N) is 2. The molecule has 0 saturated carbocycles. The molecule has 32 heavy (non-hydrogen) atoms. The van der Waals surface area contributed by atoms with Crippen molar-refractivity contribution >= 4 is 34.4 Å². The molecule has 1 saturated heterocycles. The lowest BCUT2D eigenvalue weighted by Crippen LogP contribution is -2.49. The van der Waals surface area contributed by atoms with Crippen molar-refractivity contribution in [2.75, 3.05) is 18.4 Å². The van der Waals surface area contributed by atoms with Crippen molar-refractivity contribution in [3.05, 3.63) is 46.2 Å². The van der Waals surface area contributed by atoms with Gasteiger partial charge in [-0.25, -0.2) is 4.79 Å². The molecule has 2 aromatic rings. The molecule has 10 heteroatoms. The monoisotopic (exact) mass is 457 g/mol. The number of β-amino-alcohol motifs (C(OH)–C–C–N with tert-alkyl or cyclic N) is 1. The maximum Gasteiger partial charge on any atom is 0.410 e. The molecule has 3 heterocycles. The number of aliphatic hydroxyl groups is 2. The molecule has 4 rings (SSSR count). The zero-order chi connectivity index (χ0) is 22.7. The van der Waals surface area contributed by atoms with E-state index in [9.17, 15) is 25.1 Å². The molecule has 0 aromatic carbocycles. The Kier molecular flexibility index (Phi) is 6.60. The number of rotatable bonds is 4. The Morgan fingerprint density at radius 2 is 2.19 bits per heavy atom. The number of nitriles is 1.